The highest BCUT2D eigenvalue weighted by atomic mass is 16.6. The molecule has 1 aromatic rings. The van der Waals surface area contributed by atoms with Gasteiger partial charge in [-0.2, -0.15) is 5.26 Å². The molecule has 7 nitrogen and oxygen atoms in total. The highest BCUT2D eigenvalue weighted by Crippen LogP contribution is 2.27. The quantitative estimate of drug-likeness (QED) is 0.809. The van der Waals surface area contributed by atoms with Gasteiger partial charge in [0, 0.05) is 26.4 Å². The van der Waals surface area contributed by atoms with E-state index in [9.17, 15) is 4.79 Å². The molecule has 0 aliphatic carbocycles. The maximum atomic E-state index is 10.9. The number of nitrogens with zero attached hydrogens (tertiary/aromatic N) is 3. The maximum absolute atomic E-state index is 10.9. The Morgan fingerprint density at radius 3 is 2.04 bits per heavy atom. The zero-order valence-electron chi connectivity index (χ0n) is 16.6. The van der Waals surface area contributed by atoms with Gasteiger partial charge in [-0.3, -0.25) is 0 Å². The highest BCUT2D eigenvalue weighted by molar-refractivity contribution is 5.67. The van der Waals surface area contributed by atoms with Crippen molar-refractivity contribution < 1.29 is 19.0 Å². The zero-order chi connectivity index (χ0) is 19.8. The summed E-state index contributed by atoms with van der Waals surface area (Å²) >= 11 is 0. The molecule has 1 amide bonds. The standard InChI is InChI=1S/C11H14N2O2.C7H15NO2/c1-11(2,3)15-10-9(14-4)5-8(6-12)7-13-10;1-7(2,3)10-6(9)8(4)5/h5,7H,1-4H3;1-5H3. The second-order valence-corrected chi connectivity index (χ2v) is 7.43. The second-order valence-electron chi connectivity index (χ2n) is 7.43. The number of pyridine rings is 1. The van der Waals surface area contributed by atoms with Gasteiger partial charge in [-0.05, 0) is 41.5 Å². The third-order valence-electron chi connectivity index (χ3n) is 2.33. The zero-order valence-corrected chi connectivity index (χ0v) is 16.6. The predicted molar refractivity (Wildman–Crippen MR) is 95.8 cm³/mol. The van der Waals surface area contributed by atoms with Gasteiger partial charge in [0.1, 0.15) is 17.3 Å². The molecule has 140 valence electrons. The molecule has 25 heavy (non-hydrogen) atoms. The first kappa shape index (κ1) is 22.5. The molecule has 1 heterocycles. The van der Waals surface area contributed by atoms with Gasteiger partial charge in [0.2, 0.25) is 0 Å². The monoisotopic (exact) mass is 351 g/mol. The van der Waals surface area contributed by atoms with E-state index in [-0.39, 0.29) is 17.3 Å². The van der Waals surface area contributed by atoms with Crippen LogP contribution in [0.3, 0.4) is 0 Å². The minimum absolute atomic E-state index is 0.299. The van der Waals surface area contributed by atoms with E-state index in [1.54, 1.807) is 20.2 Å². The average Bonchev–Trinajstić information content (AvgIpc) is 2.45. The average molecular weight is 351 g/mol. The fourth-order valence-corrected chi connectivity index (χ4v) is 1.36. The Bertz CT molecular complexity index is 608. The van der Waals surface area contributed by atoms with Crippen LogP contribution in [-0.4, -0.2) is 48.4 Å². The molecular formula is C18H29N3O4. The van der Waals surface area contributed by atoms with E-state index in [4.69, 9.17) is 19.5 Å². The summed E-state index contributed by atoms with van der Waals surface area (Å²) in [6.07, 6.45) is 1.16. The maximum Gasteiger partial charge on any atom is 0.409 e. The number of methoxy groups -OCH3 is 1. The topological polar surface area (TPSA) is 84.7 Å². The van der Waals surface area contributed by atoms with Crippen LogP contribution in [0.2, 0.25) is 0 Å². The lowest BCUT2D eigenvalue weighted by Crippen LogP contribution is -2.31. The molecule has 1 aromatic heterocycles. The second kappa shape index (κ2) is 9.11. The van der Waals surface area contributed by atoms with Gasteiger partial charge < -0.3 is 19.1 Å². The summed E-state index contributed by atoms with van der Waals surface area (Å²) in [4.78, 5) is 16.3. The minimum Gasteiger partial charge on any atom is -0.491 e. The van der Waals surface area contributed by atoms with Crippen LogP contribution in [0.1, 0.15) is 47.1 Å². The number of hydrogen-bond donors (Lipinski definition) is 0. The molecule has 1 rings (SSSR count). The first-order chi connectivity index (χ1) is 11.3. The molecule has 7 heteroatoms. The van der Waals surface area contributed by atoms with Gasteiger partial charge in [0.05, 0.1) is 12.7 Å². The SMILES string of the molecule is CN(C)C(=O)OC(C)(C)C.COc1cc(C#N)cnc1OC(C)(C)C. The molecule has 0 spiro atoms. The number of nitriles is 1. The van der Waals surface area contributed by atoms with Crippen molar-refractivity contribution in [3.05, 3.63) is 17.8 Å². The van der Waals surface area contributed by atoms with Gasteiger partial charge in [0.15, 0.2) is 5.75 Å². The summed E-state index contributed by atoms with van der Waals surface area (Å²) in [6, 6.07) is 3.60. The molecule has 0 atom stereocenters. The first-order valence-electron chi connectivity index (χ1n) is 7.82. The number of ether oxygens (including phenoxy) is 3. The van der Waals surface area contributed by atoms with Gasteiger partial charge >= 0.3 is 6.09 Å². The Balaban J connectivity index is 0.000000504. The van der Waals surface area contributed by atoms with Gasteiger partial charge in [-0.15, -0.1) is 0 Å². The molecule has 0 fully saturated rings. The summed E-state index contributed by atoms with van der Waals surface area (Å²) < 4.78 is 15.7. The van der Waals surface area contributed by atoms with Crippen LogP contribution in [-0.2, 0) is 4.74 Å². The van der Waals surface area contributed by atoms with Crippen molar-refractivity contribution in [2.75, 3.05) is 21.2 Å². The van der Waals surface area contributed by atoms with Crippen LogP contribution < -0.4 is 9.47 Å². The van der Waals surface area contributed by atoms with Crippen molar-refractivity contribution in [2.45, 2.75) is 52.7 Å². The number of amides is 1. The van der Waals surface area contributed by atoms with Crippen LogP contribution in [0, 0.1) is 11.3 Å². The Labute approximate surface area is 150 Å². The van der Waals surface area contributed by atoms with E-state index in [2.05, 4.69) is 4.98 Å². The van der Waals surface area contributed by atoms with Crippen molar-refractivity contribution in [3.63, 3.8) is 0 Å². The van der Waals surface area contributed by atoms with Crippen LogP contribution in [0.25, 0.3) is 0 Å². The van der Waals surface area contributed by atoms with E-state index in [0.29, 0.717) is 17.2 Å². The van der Waals surface area contributed by atoms with Crippen molar-refractivity contribution in [3.8, 4) is 17.7 Å². The van der Waals surface area contributed by atoms with Crippen LogP contribution >= 0.6 is 0 Å². The van der Waals surface area contributed by atoms with E-state index in [0.717, 1.165) is 0 Å². The Hall–Kier alpha value is -2.49. The van der Waals surface area contributed by atoms with E-state index in [1.165, 1.54) is 18.2 Å². The smallest absolute Gasteiger partial charge is 0.409 e. The van der Waals surface area contributed by atoms with Crippen LogP contribution in [0.5, 0.6) is 11.6 Å². The summed E-state index contributed by atoms with van der Waals surface area (Å²) in [6.45, 7) is 11.3. The van der Waals surface area contributed by atoms with Gasteiger partial charge in [-0.1, -0.05) is 0 Å². The van der Waals surface area contributed by atoms with Crippen molar-refractivity contribution in [1.29, 1.82) is 5.26 Å². The first-order valence-corrected chi connectivity index (χ1v) is 7.82. The molecular weight excluding hydrogens is 322 g/mol. The summed E-state index contributed by atoms with van der Waals surface area (Å²) in [5.74, 6) is 0.882. The van der Waals surface area contributed by atoms with E-state index < -0.39 is 0 Å². The number of aromatic nitrogens is 1. The molecule has 0 aliphatic rings. The normalized spacial score (nSPS) is 10.7. The van der Waals surface area contributed by atoms with Crippen molar-refractivity contribution in [2.24, 2.45) is 0 Å². The Morgan fingerprint density at radius 1 is 1.16 bits per heavy atom. The molecule has 0 bridgehead atoms. The molecule has 0 unspecified atom stereocenters. The third kappa shape index (κ3) is 10.1. The molecule has 0 saturated carbocycles. The molecule has 0 radical (unpaired) electrons. The Morgan fingerprint density at radius 2 is 1.72 bits per heavy atom. The van der Waals surface area contributed by atoms with E-state index >= 15 is 0 Å². The number of hydrogen-bond acceptors (Lipinski definition) is 6. The van der Waals surface area contributed by atoms with Gasteiger partial charge in [0.25, 0.3) is 5.88 Å². The molecule has 0 N–H and O–H groups in total. The van der Waals surface area contributed by atoms with Crippen LogP contribution in [0.4, 0.5) is 4.79 Å². The summed E-state index contributed by atoms with van der Waals surface area (Å²) in [7, 11) is 4.84. The predicted octanol–water partition coefficient (Wildman–Crippen LogP) is 3.62. The van der Waals surface area contributed by atoms with Gasteiger partial charge in [-0.25, -0.2) is 9.78 Å². The Kier molecular flexibility index (Phi) is 8.21. The van der Waals surface area contributed by atoms with Crippen molar-refractivity contribution in [1.82, 2.24) is 9.88 Å². The van der Waals surface area contributed by atoms with E-state index in [1.807, 2.05) is 47.6 Å². The number of carbonyl (C=O) groups is 1. The molecule has 0 aromatic carbocycles. The van der Waals surface area contributed by atoms with Crippen LogP contribution in [0.15, 0.2) is 12.3 Å². The fraction of sp³-hybridized carbons (Fsp3) is 0.611. The summed E-state index contributed by atoms with van der Waals surface area (Å²) in [5.41, 5.74) is -0.274. The highest BCUT2D eigenvalue weighted by Gasteiger charge is 2.17. The number of carbonyl (C=O) groups excluding carboxylic acids is 1. The lowest BCUT2D eigenvalue weighted by atomic mass is 10.2. The molecule has 0 aliphatic heterocycles. The number of rotatable bonds is 2. The third-order valence-corrected chi connectivity index (χ3v) is 2.33. The summed E-state index contributed by atoms with van der Waals surface area (Å²) in [5, 5.41) is 8.69. The largest absolute Gasteiger partial charge is 0.491 e. The lowest BCUT2D eigenvalue weighted by molar-refractivity contribution is 0.0341. The van der Waals surface area contributed by atoms with Crippen molar-refractivity contribution >= 4 is 6.09 Å². The minimum atomic E-state index is -0.388. The fourth-order valence-electron chi connectivity index (χ4n) is 1.36. The lowest BCUT2D eigenvalue weighted by Gasteiger charge is -2.22. The molecule has 0 saturated heterocycles.